The highest BCUT2D eigenvalue weighted by Crippen LogP contribution is 2.66. The Morgan fingerprint density at radius 1 is 1.08 bits per heavy atom. The smallest absolute Gasteiger partial charge is 0.337 e. The summed E-state index contributed by atoms with van der Waals surface area (Å²) in [7, 11) is 0. The van der Waals surface area contributed by atoms with Crippen LogP contribution in [-0.4, -0.2) is 22.8 Å². The van der Waals surface area contributed by atoms with Crippen LogP contribution in [0.3, 0.4) is 0 Å². The summed E-state index contributed by atoms with van der Waals surface area (Å²) >= 11 is 0. The molecule has 2 aromatic carbocycles. The van der Waals surface area contributed by atoms with E-state index in [9.17, 15) is 19.7 Å². The first kappa shape index (κ1) is 23.6. The molecule has 7 nitrogen and oxygen atoms in total. The van der Waals surface area contributed by atoms with Crippen LogP contribution in [0, 0.1) is 26.9 Å². The van der Waals surface area contributed by atoms with Crippen LogP contribution in [-0.2, 0) is 9.53 Å². The predicted octanol–water partition coefficient (Wildman–Crippen LogP) is 5.92. The van der Waals surface area contributed by atoms with Crippen LogP contribution in [0.1, 0.15) is 74.4 Å². The average Bonchev–Trinajstić information content (AvgIpc) is 3.35. The van der Waals surface area contributed by atoms with Gasteiger partial charge in [-0.25, -0.2) is 4.79 Å². The summed E-state index contributed by atoms with van der Waals surface area (Å²) in [5.74, 6) is -1.17. The molecule has 2 fully saturated rings. The van der Waals surface area contributed by atoms with Gasteiger partial charge in [-0.2, -0.15) is 0 Å². The molecule has 0 spiro atoms. The van der Waals surface area contributed by atoms with Gasteiger partial charge in [0.2, 0.25) is 0 Å². The van der Waals surface area contributed by atoms with Crippen LogP contribution in [0.5, 0.6) is 0 Å². The van der Waals surface area contributed by atoms with E-state index < -0.39 is 16.8 Å². The van der Waals surface area contributed by atoms with Gasteiger partial charge in [-0.1, -0.05) is 63.2 Å². The molecule has 1 aliphatic heterocycles. The number of benzene rings is 2. The maximum absolute atomic E-state index is 14.0. The largest absolute Gasteiger partial charge is 0.458 e. The van der Waals surface area contributed by atoms with E-state index >= 15 is 0 Å². The van der Waals surface area contributed by atoms with Gasteiger partial charge < -0.3 is 10.1 Å². The number of nitrogens with zero attached hydrogens (tertiary/aromatic N) is 1. The number of allylic oxidation sites excluding steroid dienone is 2. The van der Waals surface area contributed by atoms with Crippen molar-refractivity contribution in [3.05, 3.63) is 92.2 Å². The molecule has 2 saturated carbocycles. The van der Waals surface area contributed by atoms with Gasteiger partial charge in [-0.15, -0.1) is 0 Å². The highest BCUT2D eigenvalue weighted by molar-refractivity contribution is 6.23. The van der Waals surface area contributed by atoms with E-state index in [2.05, 4.69) is 26.1 Å². The van der Waals surface area contributed by atoms with Crippen molar-refractivity contribution >= 4 is 23.1 Å². The normalized spacial score (nSPS) is 29.2. The van der Waals surface area contributed by atoms with E-state index in [-0.39, 0.29) is 34.0 Å². The van der Waals surface area contributed by atoms with Crippen molar-refractivity contribution in [1.29, 1.82) is 0 Å². The molecule has 190 valence electrons. The number of hydrogen-bond donors (Lipinski definition) is 1. The molecule has 1 N–H and O–H groups in total. The number of fused-ring (bicyclic) bond motifs is 4. The molecule has 7 heteroatoms. The van der Waals surface area contributed by atoms with Crippen molar-refractivity contribution in [2.75, 3.05) is 0 Å². The fourth-order valence-electron chi connectivity index (χ4n) is 7.31. The molecule has 0 radical (unpaired) electrons. The lowest BCUT2D eigenvalue weighted by atomic mass is 9.70. The number of carbonyl (C=O) groups excluding carboxylic acids is 2. The molecule has 4 atom stereocenters. The zero-order chi connectivity index (χ0) is 26.3. The van der Waals surface area contributed by atoms with Gasteiger partial charge in [-0.3, -0.25) is 14.9 Å². The summed E-state index contributed by atoms with van der Waals surface area (Å²) in [6, 6.07) is 13.6. The Morgan fingerprint density at radius 3 is 2.41 bits per heavy atom. The van der Waals surface area contributed by atoms with E-state index in [0.717, 1.165) is 24.8 Å². The fourth-order valence-corrected chi connectivity index (χ4v) is 7.31. The summed E-state index contributed by atoms with van der Waals surface area (Å²) in [6.45, 7) is 8.50. The van der Waals surface area contributed by atoms with E-state index in [1.807, 2.05) is 12.1 Å². The third-order valence-corrected chi connectivity index (χ3v) is 9.88. The molecule has 0 aromatic heterocycles. The summed E-state index contributed by atoms with van der Waals surface area (Å²) < 4.78 is 6.27. The lowest BCUT2D eigenvalue weighted by Gasteiger charge is -2.39. The van der Waals surface area contributed by atoms with E-state index in [4.69, 9.17) is 4.74 Å². The second kappa shape index (κ2) is 7.88. The number of nitro benzene ring substituents is 1. The predicted molar refractivity (Wildman–Crippen MR) is 138 cm³/mol. The van der Waals surface area contributed by atoms with Crippen molar-refractivity contribution < 1.29 is 19.2 Å². The Kier molecular flexibility index (Phi) is 5.03. The van der Waals surface area contributed by atoms with Crippen molar-refractivity contribution in [2.24, 2.45) is 16.7 Å². The van der Waals surface area contributed by atoms with E-state index in [1.54, 1.807) is 37.3 Å². The standard InChI is InChI=1S/C30H30N2O5/c1-16-23(28(34)37-22-15-17-13-14-30(22,4)29(17,2)3)24(20-11-7-8-12-21(20)32(35)36)25-26(31-16)18-9-5-6-10-19(18)27(25)33/h5-12,17,22,24,31H,13-15H2,1-4H3/t17-,22+,24+,30-/m1/s1. The molecule has 0 saturated heterocycles. The monoisotopic (exact) mass is 498 g/mol. The van der Waals surface area contributed by atoms with Crippen molar-refractivity contribution in [3.8, 4) is 0 Å². The Hall–Kier alpha value is -3.74. The number of para-hydroxylation sites is 1. The van der Waals surface area contributed by atoms with E-state index in [0.29, 0.717) is 34.0 Å². The van der Waals surface area contributed by atoms with Crippen LogP contribution >= 0.6 is 0 Å². The third-order valence-electron chi connectivity index (χ3n) is 9.88. The lowest BCUT2D eigenvalue weighted by molar-refractivity contribution is -0.385. The molecule has 4 aliphatic rings. The zero-order valence-electron chi connectivity index (χ0n) is 21.5. The highest BCUT2D eigenvalue weighted by Gasteiger charge is 2.63. The van der Waals surface area contributed by atoms with Crippen LogP contribution < -0.4 is 5.32 Å². The lowest BCUT2D eigenvalue weighted by Crippen LogP contribution is -2.39. The average molecular weight is 499 g/mol. The minimum absolute atomic E-state index is 0.0581. The Bertz CT molecular complexity index is 1450. The fraction of sp³-hybridized carbons (Fsp3) is 0.400. The zero-order valence-corrected chi connectivity index (χ0v) is 21.5. The van der Waals surface area contributed by atoms with Crippen molar-refractivity contribution in [2.45, 2.75) is 59.0 Å². The van der Waals surface area contributed by atoms with Crippen LogP contribution in [0.15, 0.2) is 65.4 Å². The van der Waals surface area contributed by atoms with Gasteiger partial charge in [-0.05, 0) is 37.5 Å². The van der Waals surface area contributed by atoms with Gasteiger partial charge in [0.05, 0.1) is 22.1 Å². The molecule has 1 heterocycles. The molecule has 3 aliphatic carbocycles. The second-order valence-corrected chi connectivity index (χ2v) is 11.6. The number of esters is 1. The topological polar surface area (TPSA) is 98.5 Å². The molecule has 6 rings (SSSR count). The van der Waals surface area contributed by atoms with Gasteiger partial charge in [0.15, 0.2) is 5.78 Å². The first-order chi connectivity index (χ1) is 17.6. The van der Waals surface area contributed by atoms with E-state index in [1.165, 1.54) is 6.07 Å². The number of nitro groups is 1. The minimum Gasteiger partial charge on any atom is -0.458 e. The van der Waals surface area contributed by atoms with Crippen LogP contribution in [0.2, 0.25) is 0 Å². The Balaban J connectivity index is 1.47. The summed E-state index contributed by atoms with van der Waals surface area (Å²) in [4.78, 5) is 39.3. The molecular formula is C30H30N2O5. The molecule has 2 aromatic rings. The molecule has 0 amide bonds. The summed E-state index contributed by atoms with van der Waals surface area (Å²) in [5, 5.41) is 15.3. The van der Waals surface area contributed by atoms with Gasteiger partial charge in [0, 0.05) is 39.4 Å². The number of rotatable bonds is 4. The molecular weight excluding hydrogens is 468 g/mol. The number of ketones is 1. The maximum Gasteiger partial charge on any atom is 0.337 e. The number of nitrogens with one attached hydrogen (secondary N) is 1. The molecule has 2 bridgehead atoms. The quantitative estimate of drug-likeness (QED) is 0.319. The number of ether oxygens (including phenoxy) is 1. The van der Waals surface area contributed by atoms with Crippen molar-refractivity contribution in [1.82, 2.24) is 5.32 Å². The summed E-state index contributed by atoms with van der Waals surface area (Å²) in [6.07, 6.45) is 2.69. The van der Waals surface area contributed by atoms with Crippen molar-refractivity contribution in [3.63, 3.8) is 0 Å². The number of hydrogen-bond acceptors (Lipinski definition) is 6. The Morgan fingerprint density at radius 2 is 1.76 bits per heavy atom. The number of carbonyl (C=O) groups is 2. The molecule has 37 heavy (non-hydrogen) atoms. The minimum atomic E-state index is -0.912. The second-order valence-electron chi connectivity index (χ2n) is 11.6. The maximum atomic E-state index is 14.0. The number of Topliss-reactive ketones (excluding diaryl/α,β-unsaturated/α-hetero) is 1. The van der Waals surface area contributed by atoms with Gasteiger partial charge in [0.25, 0.3) is 5.69 Å². The number of dihydropyridines is 1. The van der Waals surface area contributed by atoms with Crippen LogP contribution in [0.25, 0.3) is 5.70 Å². The molecule has 0 unspecified atom stereocenters. The van der Waals surface area contributed by atoms with Gasteiger partial charge >= 0.3 is 5.97 Å². The highest BCUT2D eigenvalue weighted by atomic mass is 16.6. The third kappa shape index (κ3) is 3.12. The SMILES string of the molecule is CC1=C(C(=O)O[C@H]2C[C@H]3CC[C@@]2(C)C3(C)C)[C@H](c2ccccc2[N+](=O)[O-])C2=C(N1)c1ccccc1C2=O. The summed E-state index contributed by atoms with van der Waals surface area (Å²) in [5.41, 5.74) is 3.13. The first-order valence-electron chi connectivity index (χ1n) is 12.9. The van der Waals surface area contributed by atoms with Gasteiger partial charge in [0.1, 0.15) is 6.10 Å². The van der Waals surface area contributed by atoms with Crippen LogP contribution in [0.4, 0.5) is 5.69 Å². The first-order valence-corrected chi connectivity index (χ1v) is 12.9. The Labute approximate surface area is 215 Å².